The molecule has 2 N–H and O–H groups in total. The third-order valence-corrected chi connectivity index (χ3v) is 9.95. The number of rotatable bonds is 8. The summed E-state index contributed by atoms with van der Waals surface area (Å²) in [6.07, 6.45) is -0.720. The first kappa shape index (κ1) is 17.9. The van der Waals surface area contributed by atoms with Crippen molar-refractivity contribution in [1.29, 1.82) is 0 Å². The second-order valence-electron chi connectivity index (χ2n) is 5.61. The zero-order valence-corrected chi connectivity index (χ0v) is 14.7. The molecule has 4 nitrogen and oxygen atoms in total. The summed E-state index contributed by atoms with van der Waals surface area (Å²) >= 11 is 0. The Balaban J connectivity index is 3.03. The first-order valence-electron chi connectivity index (χ1n) is 7.79. The van der Waals surface area contributed by atoms with Gasteiger partial charge in [-0.05, 0) is 0 Å². The van der Waals surface area contributed by atoms with Gasteiger partial charge in [0.25, 0.3) is 0 Å². The molecule has 0 saturated heterocycles. The van der Waals surface area contributed by atoms with Gasteiger partial charge < -0.3 is 0 Å². The molecule has 0 spiro atoms. The van der Waals surface area contributed by atoms with Crippen molar-refractivity contribution >= 4 is 14.3 Å². The molecule has 0 radical (unpaired) electrons. The average molecular weight is 310 g/mol. The van der Waals surface area contributed by atoms with E-state index in [0.717, 1.165) is 23.7 Å². The van der Waals surface area contributed by atoms with E-state index < -0.39 is 20.5 Å². The second kappa shape index (κ2) is 8.31. The van der Waals surface area contributed by atoms with Crippen molar-refractivity contribution < 1.29 is 14.0 Å². The fraction of sp³-hybridized carbons (Fsp3) is 0.562. The fourth-order valence-corrected chi connectivity index (χ4v) is 5.93. The Kier molecular flexibility index (Phi) is 7.08. The zero-order chi connectivity index (χ0) is 15.9. The van der Waals surface area contributed by atoms with Crippen molar-refractivity contribution in [3.05, 3.63) is 35.9 Å². The van der Waals surface area contributed by atoms with Gasteiger partial charge in [0.05, 0.1) is 0 Å². The molecule has 1 aromatic carbocycles. The third-order valence-electron chi connectivity index (χ3n) is 4.61. The Bertz CT molecular complexity index is 426. The van der Waals surface area contributed by atoms with Crippen LogP contribution in [-0.2, 0) is 14.0 Å². The summed E-state index contributed by atoms with van der Waals surface area (Å²) in [6.45, 7) is 6.42. The van der Waals surface area contributed by atoms with Gasteiger partial charge in [-0.15, -0.1) is 0 Å². The Morgan fingerprint density at radius 3 is 2.10 bits per heavy atom. The zero-order valence-electron chi connectivity index (χ0n) is 13.5. The van der Waals surface area contributed by atoms with E-state index >= 15 is 0 Å². The molecule has 1 aromatic rings. The number of hydrogen-bond acceptors (Lipinski definition) is 4. The van der Waals surface area contributed by atoms with Crippen molar-refractivity contribution in [2.45, 2.75) is 51.0 Å². The van der Waals surface area contributed by atoms with Crippen molar-refractivity contribution in [3.8, 4) is 0 Å². The number of methoxy groups -OCH3 is 1. The van der Waals surface area contributed by atoms with E-state index in [1.54, 1.807) is 0 Å². The summed E-state index contributed by atoms with van der Waals surface area (Å²) < 4.78 is 11.2. The quantitative estimate of drug-likeness (QED) is 0.592. The Morgan fingerprint density at radius 1 is 1.14 bits per heavy atom. The summed E-state index contributed by atoms with van der Waals surface area (Å²) in [5.41, 5.74) is 7.18. The molecule has 0 aliphatic carbocycles. The van der Waals surface area contributed by atoms with Gasteiger partial charge in [-0.3, -0.25) is 0 Å². The van der Waals surface area contributed by atoms with E-state index in [0.29, 0.717) is 0 Å². The molecule has 0 aliphatic rings. The molecule has 0 aliphatic heterocycles. The van der Waals surface area contributed by atoms with Crippen LogP contribution in [0.5, 0.6) is 0 Å². The van der Waals surface area contributed by atoms with Crippen LogP contribution in [0.4, 0.5) is 0 Å². The Hall–Kier alpha value is -1.17. The molecule has 5 heteroatoms. The minimum absolute atomic E-state index is 0.383. The predicted octanol–water partition coefficient (Wildman–Crippen LogP) is 2.98. The van der Waals surface area contributed by atoms with E-state index in [1.807, 2.05) is 30.3 Å². The van der Waals surface area contributed by atoms with E-state index in [4.69, 9.17) is 14.9 Å². The monoisotopic (exact) mass is 310 g/mol. The molecule has 0 fully saturated rings. The molecule has 120 valence electrons. The van der Waals surface area contributed by atoms with Gasteiger partial charge in [-0.1, -0.05) is 0 Å². The maximum absolute atomic E-state index is 12.2. The van der Waals surface area contributed by atoms with Crippen molar-refractivity contribution in [1.82, 2.24) is 0 Å². The van der Waals surface area contributed by atoms with E-state index in [2.05, 4.69) is 20.8 Å². The maximum atomic E-state index is 12.2. The number of esters is 1. The third kappa shape index (κ3) is 4.39. The van der Waals surface area contributed by atoms with Gasteiger partial charge in [0, 0.05) is 0 Å². The molecule has 0 amide bonds. The van der Waals surface area contributed by atoms with Gasteiger partial charge >= 0.3 is 128 Å². The number of carbonyl (C=O) groups is 1. The van der Waals surface area contributed by atoms with Crippen LogP contribution in [0.15, 0.2) is 30.3 Å². The fourth-order valence-electron chi connectivity index (χ4n) is 2.72. The standard InChI is InChI=1S/C16H28NO3Si/c1-5-21(6-2,7-3)20-15(16(18)19-4)14(17)13-11-9-8-10-12-13/h8-12,14-15,21H,5-7,17H2,1-4H3/q-1. The molecular formula is C16H28NO3Si-. The Morgan fingerprint density at radius 2 is 1.67 bits per heavy atom. The summed E-state index contributed by atoms with van der Waals surface area (Å²) in [5, 5.41) is 0. The van der Waals surface area contributed by atoms with Crippen molar-refractivity contribution in [3.63, 3.8) is 0 Å². The summed E-state index contributed by atoms with van der Waals surface area (Å²) in [6, 6.07) is 12.1. The van der Waals surface area contributed by atoms with E-state index in [9.17, 15) is 4.79 Å². The number of carbonyl (C=O) groups excluding carboxylic acids is 1. The van der Waals surface area contributed by atoms with E-state index in [1.165, 1.54) is 7.11 Å². The van der Waals surface area contributed by atoms with Crippen LogP contribution in [-0.4, -0.2) is 27.5 Å². The van der Waals surface area contributed by atoms with Crippen LogP contribution in [0.25, 0.3) is 0 Å². The molecule has 1 rings (SSSR count). The molecule has 2 atom stereocenters. The summed E-state index contributed by atoms with van der Waals surface area (Å²) in [4.78, 5) is 12.2. The topological polar surface area (TPSA) is 61.5 Å². The predicted molar refractivity (Wildman–Crippen MR) is 88.9 cm³/mol. The first-order valence-corrected chi connectivity index (χ1v) is 10.7. The molecule has 2 unspecified atom stereocenters. The van der Waals surface area contributed by atoms with Crippen LogP contribution in [0.1, 0.15) is 32.4 Å². The summed E-state index contributed by atoms with van der Waals surface area (Å²) in [5.74, 6) is -0.383. The van der Waals surface area contributed by atoms with Crippen LogP contribution < -0.4 is 5.73 Å². The second-order valence-corrected chi connectivity index (χ2v) is 11.1. The molecule has 0 saturated carbocycles. The molecule has 0 bridgehead atoms. The van der Waals surface area contributed by atoms with Crippen LogP contribution in [0, 0.1) is 0 Å². The number of benzene rings is 1. The average Bonchev–Trinajstić information content (AvgIpc) is 2.56. The van der Waals surface area contributed by atoms with Gasteiger partial charge in [0.15, 0.2) is 0 Å². The number of hydrogen-bond donors (Lipinski definition) is 1. The van der Waals surface area contributed by atoms with Crippen LogP contribution >= 0.6 is 0 Å². The van der Waals surface area contributed by atoms with Crippen LogP contribution in [0.2, 0.25) is 18.1 Å². The number of nitrogens with two attached hydrogens (primary N) is 1. The normalized spacial score (nSPS) is 15.3. The Labute approximate surface area is 128 Å². The van der Waals surface area contributed by atoms with Crippen LogP contribution in [0.3, 0.4) is 0 Å². The van der Waals surface area contributed by atoms with Crippen molar-refractivity contribution in [2.75, 3.05) is 7.11 Å². The van der Waals surface area contributed by atoms with Crippen molar-refractivity contribution in [2.24, 2.45) is 5.73 Å². The van der Waals surface area contributed by atoms with Gasteiger partial charge in [-0.25, -0.2) is 0 Å². The molecule has 0 aromatic heterocycles. The SMILES string of the molecule is CC[SiH-](CC)(CC)OC(C(=O)OC)C(N)c1ccccc1. The van der Waals surface area contributed by atoms with Gasteiger partial charge in [-0.2, -0.15) is 0 Å². The van der Waals surface area contributed by atoms with Gasteiger partial charge in [0.2, 0.25) is 0 Å². The molecule has 21 heavy (non-hydrogen) atoms. The van der Waals surface area contributed by atoms with E-state index in [-0.39, 0.29) is 5.97 Å². The first-order chi connectivity index (χ1) is 10.0. The molecular weight excluding hydrogens is 282 g/mol. The number of ether oxygens (including phenoxy) is 1. The van der Waals surface area contributed by atoms with Gasteiger partial charge in [0.1, 0.15) is 0 Å². The molecule has 0 heterocycles. The minimum atomic E-state index is -2.25. The summed E-state index contributed by atoms with van der Waals surface area (Å²) in [7, 11) is -0.873.